The van der Waals surface area contributed by atoms with Crippen LogP contribution in [0.5, 0.6) is 0 Å². The molecular formula is C15H13F2NOS. The molecule has 2 nitrogen and oxygen atoms in total. The Kier molecular flexibility index (Phi) is 4.74. The molecule has 20 heavy (non-hydrogen) atoms. The number of carbonyl (C=O) groups is 1. The summed E-state index contributed by atoms with van der Waals surface area (Å²) in [6.07, 6.45) is 0. The van der Waals surface area contributed by atoms with E-state index in [1.807, 2.05) is 30.3 Å². The third-order valence-corrected chi connectivity index (χ3v) is 3.73. The minimum Gasteiger partial charge on any atom is -0.323 e. The van der Waals surface area contributed by atoms with Crippen LogP contribution in [0.3, 0.4) is 0 Å². The molecule has 0 aliphatic heterocycles. The summed E-state index contributed by atoms with van der Waals surface area (Å²) in [7, 11) is 0. The van der Waals surface area contributed by atoms with Gasteiger partial charge in [-0.05, 0) is 31.2 Å². The lowest BCUT2D eigenvalue weighted by molar-refractivity contribution is -0.115. The second kappa shape index (κ2) is 6.52. The number of carbonyl (C=O) groups excluding carboxylic acids is 1. The van der Waals surface area contributed by atoms with Crippen LogP contribution in [0.2, 0.25) is 0 Å². The second-order valence-electron chi connectivity index (χ2n) is 4.19. The minimum atomic E-state index is -0.782. The van der Waals surface area contributed by atoms with Gasteiger partial charge in [0.1, 0.15) is 11.6 Å². The van der Waals surface area contributed by atoms with E-state index in [9.17, 15) is 13.6 Å². The zero-order chi connectivity index (χ0) is 14.5. The van der Waals surface area contributed by atoms with Crippen LogP contribution in [-0.2, 0) is 4.79 Å². The molecule has 0 bridgehead atoms. The maximum Gasteiger partial charge on any atom is 0.237 e. The minimum absolute atomic E-state index is 0.0167. The Morgan fingerprint density at radius 1 is 1.15 bits per heavy atom. The summed E-state index contributed by atoms with van der Waals surface area (Å²) in [5.41, 5.74) is -0.0167. The van der Waals surface area contributed by atoms with Crippen molar-refractivity contribution in [3.8, 4) is 0 Å². The summed E-state index contributed by atoms with van der Waals surface area (Å²) in [5.74, 6) is -1.79. The third kappa shape index (κ3) is 3.81. The van der Waals surface area contributed by atoms with Gasteiger partial charge < -0.3 is 5.32 Å². The van der Waals surface area contributed by atoms with Crippen molar-refractivity contribution in [3.63, 3.8) is 0 Å². The lowest BCUT2D eigenvalue weighted by Gasteiger charge is -2.12. The average molecular weight is 293 g/mol. The van der Waals surface area contributed by atoms with E-state index in [4.69, 9.17) is 0 Å². The van der Waals surface area contributed by atoms with Gasteiger partial charge in [-0.1, -0.05) is 18.2 Å². The highest BCUT2D eigenvalue weighted by atomic mass is 32.2. The fraction of sp³-hybridized carbons (Fsp3) is 0.133. The Morgan fingerprint density at radius 3 is 2.50 bits per heavy atom. The first-order valence-electron chi connectivity index (χ1n) is 6.04. The van der Waals surface area contributed by atoms with Crippen molar-refractivity contribution in [2.45, 2.75) is 17.1 Å². The molecule has 0 aliphatic rings. The smallest absolute Gasteiger partial charge is 0.237 e. The van der Waals surface area contributed by atoms with Crippen molar-refractivity contribution in [1.82, 2.24) is 0 Å². The lowest BCUT2D eigenvalue weighted by Crippen LogP contribution is -2.22. The Hall–Kier alpha value is -1.88. The molecule has 0 unspecified atom stereocenters. The van der Waals surface area contributed by atoms with Gasteiger partial charge >= 0.3 is 0 Å². The molecule has 1 atom stereocenters. The van der Waals surface area contributed by atoms with Crippen molar-refractivity contribution in [1.29, 1.82) is 0 Å². The van der Waals surface area contributed by atoms with Crippen molar-refractivity contribution in [3.05, 3.63) is 60.2 Å². The number of benzene rings is 2. The van der Waals surface area contributed by atoms with Crippen LogP contribution in [0.4, 0.5) is 14.5 Å². The van der Waals surface area contributed by atoms with Crippen molar-refractivity contribution in [2.24, 2.45) is 0 Å². The maximum atomic E-state index is 13.4. The normalized spacial score (nSPS) is 11.9. The number of thioether (sulfide) groups is 1. The summed E-state index contributed by atoms with van der Waals surface area (Å²) >= 11 is 1.37. The van der Waals surface area contributed by atoms with Gasteiger partial charge in [-0.2, -0.15) is 0 Å². The first-order valence-corrected chi connectivity index (χ1v) is 6.92. The monoisotopic (exact) mass is 293 g/mol. The molecule has 1 N–H and O–H groups in total. The topological polar surface area (TPSA) is 29.1 Å². The molecular weight excluding hydrogens is 280 g/mol. The van der Waals surface area contributed by atoms with Gasteiger partial charge in [-0.15, -0.1) is 11.8 Å². The maximum absolute atomic E-state index is 13.4. The fourth-order valence-corrected chi connectivity index (χ4v) is 2.47. The van der Waals surface area contributed by atoms with Gasteiger partial charge in [0.05, 0.1) is 10.9 Å². The van der Waals surface area contributed by atoms with E-state index < -0.39 is 11.6 Å². The average Bonchev–Trinajstić information content (AvgIpc) is 2.43. The van der Waals surface area contributed by atoms with Gasteiger partial charge in [0, 0.05) is 11.0 Å². The molecule has 0 radical (unpaired) electrons. The number of hydrogen-bond donors (Lipinski definition) is 1. The summed E-state index contributed by atoms with van der Waals surface area (Å²) < 4.78 is 26.2. The number of anilines is 1. The molecule has 104 valence electrons. The second-order valence-corrected chi connectivity index (χ2v) is 5.60. The molecule has 0 fully saturated rings. The molecule has 2 aromatic rings. The third-order valence-electron chi connectivity index (χ3n) is 2.61. The summed E-state index contributed by atoms with van der Waals surface area (Å²) in [5, 5.41) is 2.07. The Balaban J connectivity index is 2.01. The van der Waals surface area contributed by atoms with Crippen molar-refractivity contribution >= 4 is 23.4 Å². The van der Waals surface area contributed by atoms with Crippen LogP contribution in [0.15, 0.2) is 53.4 Å². The fourth-order valence-electron chi connectivity index (χ4n) is 1.58. The highest BCUT2D eigenvalue weighted by Crippen LogP contribution is 2.24. The van der Waals surface area contributed by atoms with E-state index in [0.29, 0.717) is 0 Å². The van der Waals surface area contributed by atoms with E-state index in [0.717, 1.165) is 17.0 Å². The van der Waals surface area contributed by atoms with Crippen LogP contribution in [0, 0.1) is 11.6 Å². The van der Waals surface area contributed by atoms with Crippen LogP contribution >= 0.6 is 11.8 Å². The molecule has 0 aromatic heterocycles. The zero-order valence-electron chi connectivity index (χ0n) is 10.8. The Bertz CT molecular complexity index is 604. The first kappa shape index (κ1) is 14.5. The highest BCUT2D eigenvalue weighted by Gasteiger charge is 2.16. The van der Waals surface area contributed by atoms with E-state index in [1.165, 1.54) is 17.8 Å². The van der Waals surface area contributed by atoms with Gasteiger partial charge in [0.2, 0.25) is 5.91 Å². The van der Waals surface area contributed by atoms with Crippen LogP contribution in [0.1, 0.15) is 6.92 Å². The SMILES string of the molecule is C[C@H](Sc1ccccc1)C(=O)Nc1ccc(F)cc1F. The summed E-state index contributed by atoms with van der Waals surface area (Å²) in [6.45, 7) is 1.73. The molecule has 2 aromatic carbocycles. The van der Waals surface area contributed by atoms with Gasteiger partial charge in [-0.3, -0.25) is 4.79 Å². The molecule has 0 aliphatic carbocycles. The van der Waals surface area contributed by atoms with Crippen molar-refractivity contribution < 1.29 is 13.6 Å². The van der Waals surface area contributed by atoms with Crippen LogP contribution < -0.4 is 5.32 Å². The molecule has 1 amide bonds. The van der Waals surface area contributed by atoms with E-state index >= 15 is 0 Å². The quantitative estimate of drug-likeness (QED) is 0.860. The predicted molar refractivity (Wildman–Crippen MR) is 76.7 cm³/mol. The largest absolute Gasteiger partial charge is 0.323 e. The number of halogens is 2. The Morgan fingerprint density at radius 2 is 1.85 bits per heavy atom. The standard InChI is InChI=1S/C15H13F2NOS/c1-10(20-12-5-3-2-4-6-12)15(19)18-14-8-7-11(16)9-13(14)17/h2-10H,1H3,(H,18,19)/t10-/m0/s1. The van der Waals surface area contributed by atoms with E-state index in [-0.39, 0.29) is 16.8 Å². The van der Waals surface area contributed by atoms with Crippen LogP contribution in [0.25, 0.3) is 0 Å². The van der Waals surface area contributed by atoms with Gasteiger partial charge in [0.25, 0.3) is 0 Å². The zero-order valence-corrected chi connectivity index (χ0v) is 11.6. The lowest BCUT2D eigenvalue weighted by atomic mass is 10.3. The number of hydrogen-bond acceptors (Lipinski definition) is 2. The number of rotatable bonds is 4. The number of amides is 1. The molecule has 5 heteroatoms. The van der Waals surface area contributed by atoms with E-state index in [1.54, 1.807) is 6.92 Å². The number of nitrogens with one attached hydrogen (secondary N) is 1. The molecule has 0 heterocycles. The Labute approximate surface area is 120 Å². The summed E-state index contributed by atoms with van der Waals surface area (Å²) in [6, 6.07) is 12.5. The highest BCUT2D eigenvalue weighted by molar-refractivity contribution is 8.00. The van der Waals surface area contributed by atoms with Crippen molar-refractivity contribution in [2.75, 3.05) is 5.32 Å². The van der Waals surface area contributed by atoms with Gasteiger partial charge in [0.15, 0.2) is 0 Å². The first-order chi connectivity index (χ1) is 9.56. The molecule has 0 saturated carbocycles. The van der Waals surface area contributed by atoms with Crippen LogP contribution in [-0.4, -0.2) is 11.2 Å². The van der Waals surface area contributed by atoms with E-state index in [2.05, 4.69) is 5.32 Å². The summed E-state index contributed by atoms with van der Waals surface area (Å²) in [4.78, 5) is 12.9. The molecule has 0 spiro atoms. The van der Waals surface area contributed by atoms with Gasteiger partial charge in [-0.25, -0.2) is 8.78 Å². The predicted octanol–water partition coefficient (Wildman–Crippen LogP) is 4.08. The molecule has 0 saturated heterocycles. The molecule has 2 rings (SSSR count).